The topological polar surface area (TPSA) is 68.2 Å². The summed E-state index contributed by atoms with van der Waals surface area (Å²) in [6, 6.07) is 5.76. The number of nitrogens with one attached hydrogen (secondary N) is 2. The van der Waals surface area contributed by atoms with Crippen molar-refractivity contribution in [3.63, 3.8) is 0 Å². The van der Waals surface area contributed by atoms with Gasteiger partial charge >= 0.3 is 0 Å². The Morgan fingerprint density at radius 3 is 2.96 bits per heavy atom. The molecule has 1 aliphatic rings. The van der Waals surface area contributed by atoms with Crippen molar-refractivity contribution < 1.29 is 9.53 Å². The van der Waals surface area contributed by atoms with Crippen molar-refractivity contribution in [1.82, 2.24) is 15.1 Å². The number of carbonyl (C=O) groups excluding carboxylic acids is 1. The first-order valence-corrected chi connectivity index (χ1v) is 7.69. The minimum absolute atomic E-state index is 0. The van der Waals surface area contributed by atoms with Crippen LogP contribution in [0.2, 0.25) is 0 Å². The maximum atomic E-state index is 12.4. The second kappa shape index (κ2) is 7.29. The van der Waals surface area contributed by atoms with E-state index in [0.29, 0.717) is 19.2 Å². The average Bonchev–Trinajstić information content (AvgIpc) is 2.91. The summed E-state index contributed by atoms with van der Waals surface area (Å²) in [6.45, 7) is 7.43. The van der Waals surface area contributed by atoms with E-state index in [-0.39, 0.29) is 30.5 Å². The van der Waals surface area contributed by atoms with E-state index >= 15 is 0 Å². The highest BCUT2D eigenvalue weighted by Crippen LogP contribution is 2.20. The quantitative estimate of drug-likeness (QED) is 0.901. The molecule has 0 unspecified atom stereocenters. The van der Waals surface area contributed by atoms with Crippen LogP contribution < -0.4 is 10.6 Å². The lowest BCUT2D eigenvalue weighted by Crippen LogP contribution is -2.53. The van der Waals surface area contributed by atoms with Crippen LogP contribution in [0.4, 0.5) is 5.69 Å². The van der Waals surface area contributed by atoms with E-state index in [2.05, 4.69) is 29.6 Å². The minimum Gasteiger partial charge on any atom is -0.375 e. The van der Waals surface area contributed by atoms with Gasteiger partial charge in [0, 0.05) is 29.9 Å². The Labute approximate surface area is 142 Å². The van der Waals surface area contributed by atoms with Gasteiger partial charge in [0.25, 0.3) is 0 Å². The van der Waals surface area contributed by atoms with Gasteiger partial charge in [-0.1, -0.05) is 0 Å². The van der Waals surface area contributed by atoms with Gasteiger partial charge < -0.3 is 15.4 Å². The molecule has 7 heteroatoms. The molecule has 1 fully saturated rings. The van der Waals surface area contributed by atoms with E-state index in [0.717, 1.165) is 16.6 Å². The normalized spacial score (nSPS) is 21.2. The van der Waals surface area contributed by atoms with Crippen molar-refractivity contribution in [2.75, 3.05) is 18.5 Å². The summed E-state index contributed by atoms with van der Waals surface area (Å²) >= 11 is 0. The van der Waals surface area contributed by atoms with Crippen molar-refractivity contribution in [2.24, 2.45) is 0 Å². The van der Waals surface area contributed by atoms with Gasteiger partial charge in [-0.15, -0.1) is 12.4 Å². The monoisotopic (exact) mass is 338 g/mol. The Morgan fingerprint density at radius 2 is 2.26 bits per heavy atom. The number of anilines is 1. The third-order valence-corrected chi connectivity index (χ3v) is 3.92. The number of hydrogen-bond donors (Lipinski definition) is 2. The molecular weight excluding hydrogens is 316 g/mol. The second-order valence-electron chi connectivity index (χ2n) is 5.97. The number of hydrogen-bond acceptors (Lipinski definition) is 4. The van der Waals surface area contributed by atoms with Gasteiger partial charge in [-0.05, 0) is 39.0 Å². The standard InChI is InChI=1S/C16H22N4O2.ClH/c1-10(2)20-9-12-8-13(4-5-14(12)19-20)18-16(21)15-11(3)22-7-6-17-15;/h4-5,8-11,15,17H,6-7H2,1-3H3,(H,18,21);1H/t11-,15+;/m1./s1. The van der Waals surface area contributed by atoms with E-state index in [1.165, 1.54) is 0 Å². The number of benzene rings is 1. The van der Waals surface area contributed by atoms with E-state index in [1.807, 2.05) is 36.0 Å². The fourth-order valence-corrected chi connectivity index (χ4v) is 2.63. The molecule has 3 rings (SSSR count). The second-order valence-corrected chi connectivity index (χ2v) is 5.97. The lowest BCUT2D eigenvalue weighted by atomic mass is 10.1. The molecule has 1 amide bonds. The third-order valence-electron chi connectivity index (χ3n) is 3.92. The van der Waals surface area contributed by atoms with Crippen LogP contribution in [-0.2, 0) is 9.53 Å². The Morgan fingerprint density at radius 1 is 1.48 bits per heavy atom. The molecule has 0 saturated carbocycles. The molecule has 0 aliphatic carbocycles. The molecule has 0 bridgehead atoms. The Hall–Kier alpha value is -1.63. The van der Waals surface area contributed by atoms with Crippen LogP contribution in [0.1, 0.15) is 26.8 Å². The van der Waals surface area contributed by atoms with Crippen molar-refractivity contribution in [1.29, 1.82) is 0 Å². The first kappa shape index (κ1) is 17.7. The number of carbonyl (C=O) groups is 1. The summed E-state index contributed by atoms with van der Waals surface area (Å²) in [6.07, 6.45) is 1.88. The van der Waals surface area contributed by atoms with Gasteiger partial charge in [0.15, 0.2) is 0 Å². The van der Waals surface area contributed by atoms with Crippen LogP contribution in [0, 0.1) is 0 Å². The van der Waals surface area contributed by atoms with E-state index in [4.69, 9.17) is 4.74 Å². The van der Waals surface area contributed by atoms with Crippen molar-refractivity contribution >= 4 is 34.9 Å². The molecule has 1 saturated heterocycles. The molecule has 23 heavy (non-hydrogen) atoms. The lowest BCUT2D eigenvalue weighted by molar-refractivity contribution is -0.123. The van der Waals surface area contributed by atoms with Gasteiger partial charge in [0.05, 0.1) is 18.2 Å². The number of amides is 1. The molecule has 0 radical (unpaired) electrons. The Balaban J connectivity index is 0.00000192. The smallest absolute Gasteiger partial charge is 0.244 e. The predicted molar refractivity (Wildman–Crippen MR) is 93.2 cm³/mol. The number of fused-ring (bicyclic) bond motifs is 1. The first-order valence-electron chi connectivity index (χ1n) is 7.69. The lowest BCUT2D eigenvalue weighted by Gasteiger charge is -2.29. The summed E-state index contributed by atoms with van der Waals surface area (Å²) in [5, 5.41) is 11.7. The highest BCUT2D eigenvalue weighted by Gasteiger charge is 2.28. The predicted octanol–water partition coefficient (Wildman–Crippen LogP) is 2.35. The molecule has 2 atom stereocenters. The maximum Gasteiger partial charge on any atom is 0.244 e. The SMILES string of the molecule is CC(C)n1cc2cc(NC(=O)[C@H]3NCCO[C@@H]3C)ccc2n1.Cl. The van der Waals surface area contributed by atoms with Crippen LogP contribution in [0.15, 0.2) is 24.4 Å². The molecule has 0 spiro atoms. The third kappa shape index (κ3) is 3.83. The van der Waals surface area contributed by atoms with Crippen LogP contribution in [0.5, 0.6) is 0 Å². The van der Waals surface area contributed by atoms with E-state index in [1.54, 1.807) is 0 Å². The Kier molecular flexibility index (Phi) is 5.62. The van der Waals surface area contributed by atoms with Gasteiger partial charge in [0.1, 0.15) is 6.04 Å². The largest absolute Gasteiger partial charge is 0.375 e. The van der Waals surface area contributed by atoms with Crippen molar-refractivity contribution in [3.8, 4) is 0 Å². The number of aromatic nitrogens is 2. The summed E-state index contributed by atoms with van der Waals surface area (Å²) in [7, 11) is 0. The van der Waals surface area contributed by atoms with Crippen LogP contribution in [0.25, 0.3) is 10.9 Å². The fourth-order valence-electron chi connectivity index (χ4n) is 2.63. The number of halogens is 1. The van der Waals surface area contributed by atoms with Crippen LogP contribution in [0.3, 0.4) is 0 Å². The molecule has 1 aromatic carbocycles. The zero-order valence-electron chi connectivity index (χ0n) is 13.6. The molecular formula is C16H23ClN4O2. The average molecular weight is 339 g/mol. The van der Waals surface area contributed by atoms with Gasteiger partial charge in [-0.2, -0.15) is 5.10 Å². The zero-order chi connectivity index (χ0) is 15.7. The van der Waals surface area contributed by atoms with Crippen LogP contribution in [-0.4, -0.2) is 41.0 Å². The number of ether oxygens (including phenoxy) is 1. The van der Waals surface area contributed by atoms with E-state index < -0.39 is 0 Å². The van der Waals surface area contributed by atoms with Gasteiger partial charge in [-0.25, -0.2) is 0 Å². The number of morpholine rings is 1. The van der Waals surface area contributed by atoms with Gasteiger partial charge in [-0.3, -0.25) is 9.48 Å². The number of nitrogens with zero attached hydrogens (tertiary/aromatic N) is 2. The van der Waals surface area contributed by atoms with Crippen molar-refractivity contribution in [3.05, 3.63) is 24.4 Å². The van der Waals surface area contributed by atoms with E-state index in [9.17, 15) is 4.79 Å². The summed E-state index contributed by atoms with van der Waals surface area (Å²) in [4.78, 5) is 12.4. The summed E-state index contributed by atoms with van der Waals surface area (Å²) in [5.74, 6) is -0.0669. The highest BCUT2D eigenvalue weighted by atomic mass is 35.5. The molecule has 2 heterocycles. The molecule has 1 aliphatic heterocycles. The minimum atomic E-state index is -0.317. The highest BCUT2D eigenvalue weighted by molar-refractivity contribution is 5.97. The fraction of sp³-hybridized carbons (Fsp3) is 0.500. The molecule has 126 valence electrons. The van der Waals surface area contributed by atoms with Gasteiger partial charge in [0.2, 0.25) is 5.91 Å². The zero-order valence-corrected chi connectivity index (χ0v) is 14.4. The molecule has 2 N–H and O–H groups in total. The summed E-state index contributed by atoms with van der Waals surface area (Å²) < 4.78 is 7.44. The van der Waals surface area contributed by atoms with Crippen LogP contribution >= 0.6 is 12.4 Å². The molecule has 6 nitrogen and oxygen atoms in total. The maximum absolute atomic E-state index is 12.4. The molecule has 2 aromatic rings. The van der Waals surface area contributed by atoms with Crippen molar-refractivity contribution in [2.45, 2.75) is 39.0 Å². The first-order chi connectivity index (χ1) is 10.5. The number of rotatable bonds is 3. The molecule has 1 aromatic heterocycles. The Bertz CT molecular complexity index is 686. The summed E-state index contributed by atoms with van der Waals surface area (Å²) in [5.41, 5.74) is 1.71.